The Hall–Kier alpha value is -3.73. The Bertz CT molecular complexity index is 1300. The Labute approximate surface area is 179 Å². The van der Waals surface area contributed by atoms with Crippen LogP contribution < -0.4 is 10.1 Å². The van der Waals surface area contributed by atoms with Crippen molar-refractivity contribution in [3.05, 3.63) is 59.7 Å². The number of aromatic nitrogens is 4. The van der Waals surface area contributed by atoms with Crippen LogP contribution in [0.5, 0.6) is 11.8 Å². The van der Waals surface area contributed by atoms with Crippen molar-refractivity contribution in [2.75, 3.05) is 11.9 Å². The third-order valence-electron chi connectivity index (χ3n) is 4.38. The third kappa shape index (κ3) is 4.47. The van der Waals surface area contributed by atoms with Crippen LogP contribution in [0.2, 0.25) is 0 Å². The first-order valence-electron chi connectivity index (χ1n) is 9.41. The number of H-pyrrole nitrogens is 1. The van der Waals surface area contributed by atoms with Crippen molar-refractivity contribution in [2.45, 2.75) is 19.4 Å². The summed E-state index contributed by atoms with van der Waals surface area (Å²) in [5.74, 6) is -3.55. The molecule has 0 spiro atoms. The molecule has 0 aliphatic carbocycles. The van der Waals surface area contributed by atoms with Crippen molar-refractivity contribution in [1.29, 1.82) is 0 Å². The zero-order valence-corrected chi connectivity index (χ0v) is 16.9. The Morgan fingerprint density at radius 1 is 1.00 bits per heavy atom. The van der Waals surface area contributed by atoms with Crippen molar-refractivity contribution in [3.63, 3.8) is 0 Å². The average Bonchev–Trinajstić information content (AvgIpc) is 3.11. The number of aromatic amines is 1. The lowest BCUT2D eigenvalue weighted by atomic mass is 10.1. The van der Waals surface area contributed by atoms with Gasteiger partial charge in [0, 0.05) is 24.2 Å². The molecule has 4 rings (SSSR count). The highest BCUT2D eigenvalue weighted by Gasteiger charge is 2.22. The first kappa shape index (κ1) is 21.5. The number of halogens is 4. The molecule has 2 aromatic heterocycles. The van der Waals surface area contributed by atoms with E-state index in [0.29, 0.717) is 6.07 Å². The van der Waals surface area contributed by atoms with Crippen LogP contribution in [0.4, 0.5) is 23.4 Å². The summed E-state index contributed by atoms with van der Waals surface area (Å²) in [7, 11) is 0. The number of aliphatic hydroxyl groups is 1. The molecule has 0 fully saturated rings. The standard InChI is InChI=1S/C21H17F4N5O2/c1-21(2,31)9-26-18-16-17(12-5-3-10(22)7-13(12)24)29-30-19(16)28-20(27-18)32-15-6-4-11(23)8-14(15)25/h3-8,31H,9H2,1-2H3,(H2,26,27,28,29,30). The fraction of sp³-hybridized carbons (Fsp3) is 0.190. The topological polar surface area (TPSA) is 95.9 Å². The highest BCUT2D eigenvalue weighted by molar-refractivity contribution is 5.99. The lowest BCUT2D eigenvalue weighted by molar-refractivity contribution is 0.0944. The summed E-state index contributed by atoms with van der Waals surface area (Å²) in [6.45, 7) is 3.14. The van der Waals surface area contributed by atoms with E-state index in [1.165, 1.54) is 6.07 Å². The van der Waals surface area contributed by atoms with Crippen LogP contribution in [0.3, 0.4) is 0 Å². The SMILES string of the molecule is CC(C)(O)CNc1nc(Oc2ccc(F)cc2F)nc2n[nH]c(-c3ccc(F)cc3F)c12. The van der Waals surface area contributed by atoms with Crippen LogP contribution in [-0.2, 0) is 0 Å². The molecule has 0 bridgehead atoms. The van der Waals surface area contributed by atoms with Gasteiger partial charge in [-0.1, -0.05) is 0 Å². The maximum absolute atomic E-state index is 14.4. The van der Waals surface area contributed by atoms with Gasteiger partial charge >= 0.3 is 6.01 Å². The number of anilines is 1. The molecule has 0 radical (unpaired) electrons. The zero-order chi connectivity index (χ0) is 23.0. The molecule has 11 heteroatoms. The van der Waals surface area contributed by atoms with Gasteiger partial charge in [-0.15, -0.1) is 0 Å². The van der Waals surface area contributed by atoms with E-state index in [2.05, 4.69) is 25.5 Å². The molecule has 3 N–H and O–H groups in total. The molecule has 0 unspecified atom stereocenters. The van der Waals surface area contributed by atoms with Gasteiger partial charge in [0.1, 0.15) is 23.3 Å². The summed E-state index contributed by atoms with van der Waals surface area (Å²) in [5, 5.41) is 19.9. The molecule has 0 saturated heterocycles. The van der Waals surface area contributed by atoms with Crippen molar-refractivity contribution >= 4 is 16.9 Å². The molecule has 32 heavy (non-hydrogen) atoms. The molecule has 0 saturated carbocycles. The number of nitrogens with one attached hydrogen (secondary N) is 2. The summed E-state index contributed by atoms with van der Waals surface area (Å²) < 4.78 is 60.3. The van der Waals surface area contributed by atoms with Gasteiger partial charge in [0.25, 0.3) is 0 Å². The molecule has 0 amide bonds. The Morgan fingerprint density at radius 3 is 2.34 bits per heavy atom. The zero-order valence-electron chi connectivity index (χ0n) is 16.9. The van der Waals surface area contributed by atoms with Gasteiger partial charge in [-0.05, 0) is 38.1 Å². The minimum absolute atomic E-state index is 0.0158. The van der Waals surface area contributed by atoms with E-state index in [9.17, 15) is 22.7 Å². The van der Waals surface area contributed by atoms with Crippen molar-refractivity contribution in [1.82, 2.24) is 20.2 Å². The predicted octanol–water partition coefficient (Wildman–Crippen LogP) is 4.55. The number of hydrogen-bond acceptors (Lipinski definition) is 6. The molecular weight excluding hydrogens is 430 g/mol. The van der Waals surface area contributed by atoms with E-state index in [0.717, 1.165) is 24.3 Å². The predicted molar refractivity (Wildman–Crippen MR) is 108 cm³/mol. The molecule has 2 heterocycles. The molecule has 2 aromatic carbocycles. The fourth-order valence-electron chi connectivity index (χ4n) is 2.92. The van der Waals surface area contributed by atoms with E-state index in [1.807, 2.05) is 0 Å². The summed E-state index contributed by atoms with van der Waals surface area (Å²) in [6.07, 6.45) is 0. The molecule has 0 atom stereocenters. The number of benzene rings is 2. The Morgan fingerprint density at radius 2 is 1.69 bits per heavy atom. The molecule has 0 aliphatic heterocycles. The Balaban J connectivity index is 1.83. The summed E-state index contributed by atoms with van der Waals surface area (Å²) in [4.78, 5) is 8.29. The fourth-order valence-corrected chi connectivity index (χ4v) is 2.92. The second-order valence-electron chi connectivity index (χ2n) is 7.62. The number of hydrogen-bond donors (Lipinski definition) is 3. The largest absolute Gasteiger partial charge is 0.421 e. The quantitative estimate of drug-likeness (QED) is 0.376. The van der Waals surface area contributed by atoms with E-state index in [-0.39, 0.29) is 46.4 Å². The van der Waals surface area contributed by atoms with Crippen LogP contribution in [0.1, 0.15) is 13.8 Å². The molecule has 4 aromatic rings. The van der Waals surface area contributed by atoms with E-state index in [4.69, 9.17) is 4.74 Å². The molecule has 7 nitrogen and oxygen atoms in total. The first-order valence-corrected chi connectivity index (χ1v) is 9.41. The Kier molecular flexibility index (Phi) is 5.43. The summed E-state index contributed by atoms with van der Waals surface area (Å²) in [6, 6.07) is 5.45. The van der Waals surface area contributed by atoms with Crippen molar-refractivity contribution < 1.29 is 27.4 Å². The number of rotatable bonds is 6. The lowest BCUT2D eigenvalue weighted by Gasteiger charge is -2.19. The summed E-state index contributed by atoms with van der Waals surface area (Å²) in [5.41, 5.74) is -0.932. The average molecular weight is 447 g/mol. The minimum atomic E-state index is -1.15. The second kappa shape index (κ2) is 8.08. The molecule has 0 aliphatic rings. The van der Waals surface area contributed by atoms with Gasteiger partial charge in [0.05, 0.1) is 16.7 Å². The van der Waals surface area contributed by atoms with Gasteiger partial charge in [-0.3, -0.25) is 5.10 Å². The smallest absolute Gasteiger partial charge is 0.326 e. The minimum Gasteiger partial charge on any atom is -0.421 e. The monoisotopic (exact) mass is 447 g/mol. The second-order valence-corrected chi connectivity index (χ2v) is 7.62. The molecular formula is C21H17F4N5O2. The highest BCUT2D eigenvalue weighted by Crippen LogP contribution is 2.34. The van der Waals surface area contributed by atoms with E-state index in [1.54, 1.807) is 13.8 Å². The van der Waals surface area contributed by atoms with Gasteiger partial charge < -0.3 is 15.2 Å². The number of ether oxygens (including phenoxy) is 1. The normalized spacial score (nSPS) is 11.7. The van der Waals surface area contributed by atoms with Crippen LogP contribution in [0.15, 0.2) is 36.4 Å². The van der Waals surface area contributed by atoms with Crippen LogP contribution in [0, 0.1) is 23.3 Å². The van der Waals surface area contributed by atoms with Crippen molar-refractivity contribution in [2.24, 2.45) is 0 Å². The van der Waals surface area contributed by atoms with E-state index >= 15 is 0 Å². The van der Waals surface area contributed by atoms with Crippen LogP contribution in [-0.4, -0.2) is 37.4 Å². The summed E-state index contributed by atoms with van der Waals surface area (Å²) >= 11 is 0. The molecule has 166 valence electrons. The first-order chi connectivity index (χ1) is 15.1. The number of nitrogens with zero attached hydrogens (tertiary/aromatic N) is 3. The van der Waals surface area contributed by atoms with Crippen molar-refractivity contribution in [3.8, 4) is 23.0 Å². The van der Waals surface area contributed by atoms with E-state index < -0.39 is 28.9 Å². The number of fused-ring (bicyclic) bond motifs is 1. The van der Waals surface area contributed by atoms with Gasteiger partial charge in [-0.25, -0.2) is 17.6 Å². The van der Waals surface area contributed by atoms with Crippen LogP contribution in [0.25, 0.3) is 22.3 Å². The van der Waals surface area contributed by atoms with Crippen LogP contribution >= 0.6 is 0 Å². The van der Waals surface area contributed by atoms with Gasteiger partial charge in [0.15, 0.2) is 17.2 Å². The third-order valence-corrected chi connectivity index (χ3v) is 4.38. The maximum atomic E-state index is 14.4. The lowest BCUT2D eigenvalue weighted by Crippen LogP contribution is -2.29. The highest BCUT2D eigenvalue weighted by atomic mass is 19.1. The maximum Gasteiger partial charge on any atom is 0.326 e. The van der Waals surface area contributed by atoms with Gasteiger partial charge in [0.2, 0.25) is 0 Å². The van der Waals surface area contributed by atoms with Gasteiger partial charge in [-0.2, -0.15) is 15.1 Å².